The van der Waals surface area contributed by atoms with E-state index >= 15 is 4.39 Å². The van der Waals surface area contributed by atoms with Crippen molar-refractivity contribution in [2.75, 3.05) is 43.4 Å². The van der Waals surface area contributed by atoms with Gasteiger partial charge in [-0.1, -0.05) is 6.08 Å². The molecule has 1 aromatic carbocycles. The minimum atomic E-state index is -4.95. The lowest BCUT2D eigenvalue weighted by atomic mass is 9.97. The van der Waals surface area contributed by atoms with Crippen molar-refractivity contribution in [3.05, 3.63) is 63.3 Å². The summed E-state index contributed by atoms with van der Waals surface area (Å²) < 4.78 is 62.0. The van der Waals surface area contributed by atoms with Crippen LogP contribution in [-0.4, -0.2) is 78.2 Å². The number of aromatic amines is 1. The number of carbonyl (C=O) groups excluding carboxylic acids is 2. The van der Waals surface area contributed by atoms with Crippen molar-refractivity contribution in [2.24, 2.45) is 0 Å². The largest absolute Gasteiger partial charge is 0.447 e. The number of hydrogen-bond donors (Lipinski definition) is 2. The number of amides is 2. The quantitative estimate of drug-likeness (QED) is 0.477. The number of carbonyl (C=O) groups is 2. The molecule has 1 fully saturated rings. The van der Waals surface area contributed by atoms with E-state index in [0.29, 0.717) is 36.8 Å². The molecule has 4 rings (SSSR count). The minimum Gasteiger partial charge on any atom is -0.447 e. The number of nitrogens with one attached hydrogen (secondary N) is 2. The summed E-state index contributed by atoms with van der Waals surface area (Å²) in [6.45, 7) is 8.93. The first-order valence-corrected chi connectivity index (χ1v) is 13.7. The minimum absolute atomic E-state index is 0.0775. The number of nitrogens with zero attached hydrogens (tertiary/aromatic N) is 3. The number of halogens is 4. The van der Waals surface area contributed by atoms with Crippen molar-refractivity contribution in [3.63, 3.8) is 0 Å². The van der Waals surface area contributed by atoms with Gasteiger partial charge >= 0.3 is 12.3 Å². The second-order valence-corrected chi connectivity index (χ2v) is 11.1. The third kappa shape index (κ3) is 6.77. The fraction of sp³-hybridized carbons (Fsp3) is 0.483. The first-order valence-electron chi connectivity index (χ1n) is 13.7. The molecule has 0 saturated carbocycles. The number of ether oxygens (including phenoxy) is 1. The van der Waals surface area contributed by atoms with Gasteiger partial charge in [-0.2, -0.15) is 13.2 Å². The lowest BCUT2D eigenvalue weighted by Gasteiger charge is -2.44. The molecule has 2 aliphatic rings. The molecule has 13 heteroatoms. The van der Waals surface area contributed by atoms with Crippen LogP contribution >= 0.6 is 0 Å². The number of H-pyrrole nitrogens is 1. The fourth-order valence-electron chi connectivity index (χ4n) is 5.21. The molecule has 2 unspecified atom stereocenters. The summed E-state index contributed by atoms with van der Waals surface area (Å²) in [6.07, 6.45) is -3.01. The number of hydrogen-bond acceptors (Lipinski definition) is 6. The molecule has 0 aliphatic carbocycles. The molecule has 42 heavy (non-hydrogen) atoms. The zero-order chi connectivity index (χ0) is 30.9. The van der Waals surface area contributed by atoms with E-state index in [1.807, 2.05) is 25.8 Å². The fourth-order valence-corrected chi connectivity index (χ4v) is 5.21. The highest BCUT2D eigenvalue weighted by molar-refractivity contribution is 6.07. The summed E-state index contributed by atoms with van der Waals surface area (Å²) in [5.41, 5.74) is -1.94. The molecule has 2 atom stereocenters. The number of likely N-dealkylation sites (N-methyl/N-ethyl adjacent to an activating group) is 1. The lowest BCUT2D eigenvalue weighted by Crippen LogP contribution is -2.55. The summed E-state index contributed by atoms with van der Waals surface area (Å²) in [4.78, 5) is 44.8. The third-order valence-corrected chi connectivity index (χ3v) is 7.66. The Kier molecular flexibility index (Phi) is 9.00. The van der Waals surface area contributed by atoms with E-state index in [1.165, 1.54) is 17.0 Å². The predicted octanol–water partition coefficient (Wildman–Crippen LogP) is 4.95. The van der Waals surface area contributed by atoms with E-state index in [4.69, 9.17) is 4.74 Å². The molecular formula is C29H35F4N5O4. The number of alkyl halides is 3. The summed E-state index contributed by atoms with van der Waals surface area (Å²) in [5.74, 6) is -1.67. The second-order valence-electron chi connectivity index (χ2n) is 11.1. The van der Waals surface area contributed by atoms with Gasteiger partial charge in [0.2, 0.25) is 5.56 Å². The number of anilines is 2. The molecule has 2 N–H and O–H groups in total. The van der Waals surface area contributed by atoms with Crippen LogP contribution < -0.4 is 15.8 Å². The Bertz CT molecular complexity index is 1430. The van der Waals surface area contributed by atoms with Crippen LogP contribution in [0, 0.1) is 5.82 Å². The molecular weight excluding hydrogens is 558 g/mol. The SMILES string of the molecule is CC(C)OC(=O)N1CC=C(c2cc(NC(=O)c3c[nH]c(=O)cc3C(F)(F)F)c(N3CC(C)N(C)C(C)C3)cc2F)CC1. The highest BCUT2D eigenvalue weighted by Gasteiger charge is 2.36. The molecule has 0 bridgehead atoms. The van der Waals surface area contributed by atoms with E-state index in [9.17, 15) is 27.6 Å². The van der Waals surface area contributed by atoms with E-state index < -0.39 is 40.7 Å². The maximum Gasteiger partial charge on any atom is 0.417 e. The van der Waals surface area contributed by atoms with Crippen LogP contribution in [0.25, 0.3) is 5.57 Å². The van der Waals surface area contributed by atoms with Crippen molar-refractivity contribution >= 4 is 28.9 Å². The molecule has 9 nitrogen and oxygen atoms in total. The van der Waals surface area contributed by atoms with Crippen molar-refractivity contribution in [3.8, 4) is 0 Å². The zero-order valence-corrected chi connectivity index (χ0v) is 24.1. The molecule has 2 amide bonds. The average molecular weight is 594 g/mol. The van der Waals surface area contributed by atoms with Gasteiger partial charge in [0.25, 0.3) is 5.91 Å². The monoisotopic (exact) mass is 593 g/mol. The first kappa shape index (κ1) is 31.1. The molecule has 2 aliphatic heterocycles. The van der Waals surface area contributed by atoms with E-state index in [-0.39, 0.29) is 42.5 Å². The van der Waals surface area contributed by atoms with E-state index in [0.717, 1.165) is 6.20 Å². The van der Waals surface area contributed by atoms with Crippen LogP contribution in [0.4, 0.5) is 33.7 Å². The standard InChI is InChI=1S/C29H35F4N5O4/c1-16(2)42-28(41)37-8-6-19(7-9-37)20-10-24(25(12-23(20)30)38-14-17(3)36(5)18(4)15-38)35-27(40)21-13-34-26(39)11-22(21)29(31,32)33/h6,10-13,16-18H,7-9,14-15H2,1-5H3,(H,34,39)(H,35,40). The number of pyridine rings is 1. The van der Waals surface area contributed by atoms with Crippen molar-refractivity contribution in [2.45, 2.75) is 58.5 Å². The average Bonchev–Trinajstić information content (AvgIpc) is 2.91. The topological polar surface area (TPSA) is 98.0 Å². The zero-order valence-electron chi connectivity index (χ0n) is 24.1. The molecule has 228 valence electrons. The normalized spacial score (nSPS) is 20.0. The van der Waals surface area contributed by atoms with Crippen LogP contribution in [-0.2, 0) is 10.9 Å². The number of piperazine rings is 1. The Balaban J connectivity index is 1.73. The number of aromatic nitrogens is 1. The summed E-state index contributed by atoms with van der Waals surface area (Å²) in [7, 11) is 1.98. The molecule has 1 saturated heterocycles. The lowest BCUT2D eigenvalue weighted by molar-refractivity contribution is -0.138. The summed E-state index contributed by atoms with van der Waals surface area (Å²) in [5, 5.41) is 2.56. The number of benzene rings is 1. The van der Waals surface area contributed by atoms with Gasteiger partial charge in [-0.3, -0.25) is 14.5 Å². The van der Waals surface area contributed by atoms with Gasteiger partial charge in [-0.05, 0) is 58.9 Å². The summed E-state index contributed by atoms with van der Waals surface area (Å²) >= 11 is 0. The second kappa shape index (κ2) is 12.2. The van der Waals surface area contributed by atoms with Crippen LogP contribution in [0.1, 0.15) is 55.6 Å². The molecule has 0 radical (unpaired) electrons. The molecule has 3 heterocycles. The Morgan fingerprint density at radius 2 is 1.79 bits per heavy atom. The molecule has 2 aromatic rings. The van der Waals surface area contributed by atoms with Crippen molar-refractivity contribution < 1.29 is 31.9 Å². The van der Waals surface area contributed by atoms with Gasteiger partial charge in [-0.25, -0.2) is 9.18 Å². The Labute approximate surface area is 241 Å². The van der Waals surface area contributed by atoms with Crippen LogP contribution in [0.2, 0.25) is 0 Å². The van der Waals surface area contributed by atoms with Gasteiger partial charge in [0, 0.05) is 56.1 Å². The van der Waals surface area contributed by atoms with E-state index in [1.54, 1.807) is 19.9 Å². The van der Waals surface area contributed by atoms with E-state index in [2.05, 4.69) is 15.2 Å². The Hall–Kier alpha value is -3.87. The highest BCUT2D eigenvalue weighted by Crippen LogP contribution is 2.37. The smallest absolute Gasteiger partial charge is 0.417 e. The maximum absolute atomic E-state index is 15.7. The predicted molar refractivity (Wildman–Crippen MR) is 151 cm³/mol. The van der Waals surface area contributed by atoms with Gasteiger partial charge in [0.1, 0.15) is 5.82 Å². The summed E-state index contributed by atoms with van der Waals surface area (Å²) in [6, 6.07) is 3.19. The van der Waals surface area contributed by atoms with Crippen molar-refractivity contribution in [1.29, 1.82) is 0 Å². The van der Waals surface area contributed by atoms with Gasteiger partial charge in [0.15, 0.2) is 0 Å². The van der Waals surface area contributed by atoms with Crippen molar-refractivity contribution in [1.82, 2.24) is 14.8 Å². The Morgan fingerprint density at radius 3 is 2.36 bits per heavy atom. The first-order chi connectivity index (χ1) is 19.6. The Morgan fingerprint density at radius 1 is 1.12 bits per heavy atom. The van der Waals surface area contributed by atoms with Gasteiger partial charge in [-0.15, -0.1) is 0 Å². The van der Waals surface area contributed by atoms with Gasteiger partial charge < -0.3 is 24.8 Å². The molecule has 0 spiro atoms. The molecule has 1 aromatic heterocycles. The number of rotatable bonds is 5. The van der Waals surface area contributed by atoms with Gasteiger partial charge in [0.05, 0.1) is 28.6 Å². The maximum atomic E-state index is 15.7. The van der Waals surface area contributed by atoms with Crippen LogP contribution in [0.5, 0.6) is 0 Å². The van der Waals surface area contributed by atoms with Crippen LogP contribution in [0.3, 0.4) is 0 Å². The highest BCUT2D eigenvalue weighted by atomic mass is 19.4. The third-order valence-electron chi connectivity index (χ3n) is 7.66. The van der Waals surface area contributed by atoms with Crippen LogP contribution in [0.15, 0.2) is 35.3 Å².